The molecule has 2 saturated heterocycles. The zero-order valence-electron chi connectivity index (χ0n) is 12.2. The number of aliphatic carboxylic acids is 1. The summed E-state index contributed by atoms with van der Waals surface area (Å²) < 4.78 is 0. The SMILES string of the molecule is CC(C)N1CCC(N2CCN(CC(=O)O)CC2)CC1. The van der Waals surface area contributed by atoms with E-state index >= 15 is 0 Å². The van der Waals surface area contributed by atoms with Gasteiger partial charge in [0.05, 0.1) is 6.54 Å². The highest BCUT2D eigenvalue weighted by Gasteiger charge is 2.28. The number of carboxylic acids is 1. The second-order valence-corrected chi connectivity index (χ2v) is 6.07. The van der Waals surface area contributed by atoms with Crippen molar-refractivity contribution in [3.05, 3.63) is 0 Å². The largest absolute Gasteiger partial charge is 0.480 e. The zero-order chi connectivity index (χ0) is 13.8. The summed E-state index contributed by atoms with van der Waals surface area (Å²) in [6.45, 7) is 11.0. The smallest absolute Gasteiger partial charge is 0.317 e. The van der Waals surface area contributed by atoms with Crippen molar-refractivity contribution < 1.29 is 9.90 Å². The summed E-state index contributed by atoms with van der Waals surface area (Å²) >= 11 is 0. The fraction of sp³-hybridized carbons (Fsp3) is 0.929. The summed E-state index contributed by atoms with van der Waals surface area (Å²) in [5, 5.41) is 8.80. The van der Waals surface area contributed by atoms with Crippen molar-refractivity contribution >= 4 is 5.97 Å². The molecule has 0 aliphatic carbocycles. The Morgan fingerprint density at radius 3 is 2.16 bits per heavy atom. The van der Waals surface area contributed by atoms with Gasteiger partial charge >= 0.3 is 5.97 Å². The molecule has 2 rings (SSSR count). The number of hydrogen-bond acceptors (Lipinski definition) is 4. The molecule has 2 heterocycles. The van der Waals surface area contributed by atoms with E-state index in [1.54, 1.807) is 0 Å². The van der Waals surface area contributed by atoms with E-state index in [1.165, 1.54) is 25.9 Å². The third-order valence-electron chi connectivity index (χ3n) is 4.51. The standard InChI is InChI=1S/C14H27N3O2/c1-12(2)16-5-3-13(4-6-16)17-9-7-15(8-10-17)11-14(18)19/h12-13H,3-11H2,1-2H3,(H,18,19). The fourth-order valence-corrected chi connectivity index (χ4v) is 3.25. The van der Waals surface area contributed by atoms with Gasteiger partial charge in [-0.15, -0.1) is 0 Å². The summed E-state index contributed by atoms with van der Waals surface area (Å²) in [6, 6.07) is 1.37. The number of hydrogen-bond donors (Lipinski definition) is 1. The van der Waals surface area contributed by atoms with Gasteiger partial charge in [0.2, 0.25) is 0 Å². The van der Waals surface area contributed by atoms with Gasteiger partial charge in [0.15, 0.2) is 0 Å². The Morgan fingerprint density at radius 1 is 1.11 bits per heavy atom. The van der Waals surface area contributed by atoms with Crippen molar-refractivity contribution in [2.24, 2.45) is 0 Å². The first-order valence-corrected chi connectivity index (χ1v) is 7.48. The van der Waals surface area contributed by atoms with Crippen LogP contribution in [0.2, 0.25) is 0 Å². The molecule has 0 radical (unpaired) electrons. The van der Waals surface area contributed by atoms with Crippen molar-refractivity contribution in [2.45, 2.75) is 38.8 Å². The molecule has 1 N–H and O–H groups in total. The van der Waals surface area contributed by atoms with E-state index in [0.717, 1.165) is 26.2 Å². The van der Waals surface area contributed by atoms with Crippen LogP contribution < -0.4 is 0 Å². The van der Waals surface area contributed by atoms with Gasteiger partial charge in [0.1, 0.15) is 0 Å². The minimum atomic E-state index is -0.710. The maximum atomic E-state index is 10.7. The first-order chi connectivity index (χ1) is 9.06. The lowest BCUT2D eigenvalue weighted by Gasteiger charge is -2.43. The van der Waals surface area contributed by atoms with E-state index in [-0.39, 0.29) is 6.54 Å². The van der Waals surface area contributed by atoms with Crippen molar-refractivity contribution in [2.75, 3.05) is 45.8 Å². The molecule has 19 heavy (non-hydrogen) atoms. The lowest BCUT2D eigenvalue weighted by atomic mass is 10.0. The number of carboxylic acid groups (broad SMARTS) is 1. The number of rotatable bonds is 4. The van der Waals surface area contributed by atoms with Crippen molar-refractivity contribution in [1.29, 1.82) is 0 Å². The Kier molecular flexibility index (Phi) is 5.19. The predicted molar refractivity (Wildman–Crippen MR) is 75.4 cm³/mol. The monoisotopic (exact) mass is 269 g/mol. The van der Waals surface area contributed by atoms with Crippen LogP contribution in [-0.2, 0) is 4.79 Å². The maximum absolute atomic E-state index is 10.7. The van der Waals surface area contributed by atoms with E-state index in [4.69, 9.17) is 5.11 Å². The van der Waals surface area contributed by atoms with Crippen LogP contribution >= 0.6 is 0 Å². The molecule has 0 saturated carbocycles. The molecule has 0 unspecified atom stereocenters. The number of carbonyl (C=O) groups is 1. The van der Waals surface area contributed by atoms with Crippen LogP contribution in [0.3, 0.4) is 0 Å². The molecular weight excluding hydrogens is 242 g/mol. The van der Waals surface area contributed by atoms with Gasteiger partial charge in [-0.25, -0.2) is 0 Å². The first kappa shape index (κ1) is 14.8. The van der Waals surface area contributed by atoms with Crippen LogP contribution in [0.5, 0.6) is 0 Å². The van der Waals surface area contributed by atoms with Gasteiger partial charge in [0.25, 0.3) is 0 Å². The van der Waals surface area contributed by atoms with Gasteiger partial charge in [-0.3, -0.25) is 14.6 Å². The maximum Gasteiger partial charge on any atom is 0.317 e. The van der Waals surface area contributed by atoms with Gasteiger partial charge in [0, 0.05) is 38.3 Å². The number of likely N-dealkylation sites (tertiary alicyclic amines) is 1. The Balaban J connectivity index is 1.72. The van der Waals surface area contributed by atoms with E-state index in [1.807, 2.05) is 4.90 Å². The molecule has 2 aliphatic heterocycles. The van der Waals surface area contributed by atoms with Gasteiger partial charge in [-0.2, -0.15) is 0 Å². The lowest BCUT2D eigenvalue weighted by molar-refractivity contribution is -0.138. The number of piperidine rings is 1. The molecule has 5 heteroatoms. The molecule has 0 bridgehead atoms. The average Bonchev–Trinajstić information content (AvgIpc) is 2.39. The highest BCUT2D eigenvalue weighted by atomic mass is 16.4. The van der Waals surface area contributed by atoms with Gasteiger partial charge in [-0.05, 0) is 39.8 Å². The quantitative estimate of drug-likeness (QED) is 0.808. The molecule has 0 aromatic rings. The summed E-state index contributed by atoms with van der Waals surface area (Å²) in [4.78, 5) is 17.9. The van der Waals surface area contributed by atoms with Crippen LogP contribution in [0.1, 0.15) is 26.7 Å². The Morgan fingerprint density at radius 2 is 1.68 bits per heavy atom. The van der Waals surface area contributed by atoms with Crippen LogP contribution in [-0.4, -0.2) is 83.7 Å². The van der Waals surface area contributed by atoms with Crippen LogP contribution in [0, 0.1) is 0 Å². The number of nitrogens with zero attached hydrogens (tertiary/aromatic N) is 3. The molecule has 110 valence electrons. The van der Waals surface area contributed by atoms with E-state index < -0.39 is 5.97 Å². The third-order valence-corrected chi connectivity index (χ3v) is 4.51. The van der Waals surface area contributed by atoms with Gasteiger partial charge < -0.3 is 10.0 Å². The molecule has 2 aliphatic rings. The molecule has 2 fully saturated rings. The van der Waals surface area contributed by atoms with Crippen LogP contribution in [0.15, 0.2) is 0 Å². The number of piperazine rings is 1. The fourth-order valence-electron chi connectivity index (χ4n) is 3.25. The minimum Gasteiger partial charge on any atom is -0.480 e. The molecular formula is C14H27N3O2. The molecule has 0 atom stereocenters. The highest BCUT2D eigenvalue weighted by molar-refractivity contribution is 5.69. The molecule has 0 spiro atoms. The van der Waals surface area contributed by atoms with Crippen molar-refractivity contribution in [3.8, 4) is 0 Å². The van der Waals surface area contributed by atoms with Crippen molar-refractivity contribution in [3.63, 3.8) is 0 Å². The predicted octanol–water partition coefficient (Wildman–Crippen LogP) is 0.561. The molecule has 0 aromatic carbocycles. The normalized spacial score (nSPS) is 25.0. The Hall–Kier alpha value is -0.650. The zero-order valence-corrected chi connectivity index (χ0v) is 12.2. The van der Waals surface area contributed by atoms with Crippen LogP contribution in [0.4, 0.5) is 0 Å². The Bertz CT molecular complexity index is 293. The average molecular weight is 269 g/mol. The van der Waals surface area contributed by atoms with Gasteiger partial charge in [-0.1, -0.05) is 0 Å². The highest BCUT2D eigenvalue weighted by Crippen LogP contribution is 2.19. The van der Waals surface area contributed by atoms with Crippen molar-refractivity contribution in [1.82, 2.24) is 14.7 Å². The minimum absolute atomic E-state index is 0.194. The molecule has 5 nitrogen and oxygen atoms in total. The second kappa shape index (κ2) is 6.68. The molecule has 0 aromatic heterocycles. The summed E-state index contributed by atoms with van der Waals surface area (Å²) in [5.41, 5.74) is 0. The summed E-state index contributed by atoms with van der Waals surface area (Å²) in [7, 11) is 0. The van der Waals surface area contributed by atoms with E-state index in [9.17, 15) is 4.79 Å². The first-order valence-electron chi connectivity index (χ1n) is 7.48. The van der Waals surface area contributed by atoms with Crippen LogP contribution in [0.25, 0.3) is 0 Å². The lowest BCUT2D eigenvalue weighted by Crippen LogP contribution is -2.54. The Labute approximate surface area is 116 Å². The van der Waals surface area contributed by atoms with E-state index in [2.05, 4.69) is 23.6 Å². The van der Waals surface area contributed by atoms with E-state index in [0.29, 0.717) is 12.1 Å². The second-order valence-electron chi connectivity index (χ2n) is 6.07. The summed E-state index contributed by atoms with van der Waals surface area (Å²) in [5.74, 6) is -0.710. The topological polar surface area (TPSA) is 47.0 Å². The third kappa shape index (κ3) is 4.16. The summed E-state index contributed by atoms with van der Waals surface area (Å²) in [6.07, 6.45) is 2.52. The molecule has 0 amide bonds.